The van der Waals surface area contributed by atoms with E-state index in [9.17, 15) is 10.0 Å². The Labute approximate surface area is 303 Å². The lowest BCUT2D eigenvalue weighted by Crippen LogP contribution is -2.30. The highest BCUT2D eigenvalue weighted by atomic mass is 16.4. The summed E-state index contributed by atoms with van der Waals surface area (Å²) >= 11 is 0. The van der Waals surface area contributed by atoms with Crippen LogP contribution in [0.1, 0.15) is 0 Å². The van der Waals surface area contributed by atoms with E-state index in [1.54, 1.807) is 12.1 Å². The number of benzene rings is 7. The van der Waals surface area contributed by atoms with Crippen molar-refractivity contribution in [3.8, 4) is 56.4 Å². The summed E-state index contributed by atoms with van der Waals surface area (Å²) in [5.41, 5.74) is 8.92. The summed E-state index contributed by atoms with van der Waals surface area (Å²) in [6.45, 7) is 0. The van der Waals surface area contributed by atoms with Crippen LogP contribution in [0.3, 0.4) is 0 Å². The Balaban J connectivity index is 1.24. The SMILES string of the molecule is OB(O)c1cc(-c2nc(-c3cccc4c3oc3ccccc34)nc(-c3cccc4c3oc3ccccc34)n2)cc(-c2ccccc2-c2ccccc2)c1. The zero-order valence-electron chi connectivity index (χ0n) is 28.1. The van der Waals surface area contributed by atoms with Gasteiger partial charge in [0, 0.05) is 27.1 Å². The molecule has 0 bridgehead atoms. The number of aromatic nitrogens is 3. The van der Waals surface area contributed by atoms with Gasteiger partial charge in [-0.15, -0.1) is 0 Å². The molecule has 0 aliphatic carbocycles. The lowest BCUT2D eigenvalue weighted by atomic mass is 9.77. The van der Waals surface area contributed by atoms with E-state index in [1.807, 2.05) is 127 Å². The van der Waals surface area contributed by atoms with Gasteiger partial charge in [0.05, 0.1) is 11.1 Å². The quantitative estimate of drug-likeness (QED) is 0.168. The Bertz CT molecular complexity index is 2880. The number of furan rings is 2. The van der Waals surface area contributed by atoms with E-state index in [0.29, 0.717) is 50.8 Å². The lowest BCUT2D eigenvalue weighted by Gasteiger charge is -2.14. The predicted molar refractivity (Wildman–Crippen MR) is 211 cm³/mol. The summed E-state index contributed by atoms with van der Waals surface area (Å²) in [6, 6.07) is 51.5. The summed E-state index contributed by atoms with van der Waals surface area (Å²) in [5, 5.41) is 25.0. The number of hydrogen-bond donors (Lipinski definition) is 2. The van der Waals surface area contributed by atoms with Gasteiger partial charge >= 0.3 is 7.12 Å². The molecule has 0 fully saturated rings. The van der Waals surface area contributed by atoms with E-state index < -0.39 is 7.12 Å². The first-order valence-electron chi connectivity index (χ1n) is 17.3. The summed E-state index contributed by atoms with van der Waals surface area (Å²) in [6.07, 6.45) is 0. The van der Waals surface area contributed by atoms with Crippen molar-refractivity contribution in [2.75, 3.05) is 0 Å². The molecule has 8 heteroatoms. The summed E-state index contributed by atoms with van der Waals surface area (Å²) < 4.78 is 12.9. The molecule has 2 N–H and O–H groups in total. The fourth-order valence-corrected chi connectivity index (χ4v) is 7.28. The fourth-order valence-electron chi connectivity index (χ4n) is 7.28. The van der Waals surface area contributed by atoms with Gasteiger partial charge in [-0.2, -0.15) is 0 Å². The Morgan fingerprint density at radius 2 is 0.830 bits per heavy atom. The zero-order valence-corrected chi connectivity index (χ0v) is 28.1. The number of fused-ring (bicyclic) bond motifs is 6. The van der Waals surface area contributed by atoms with Crippen molar-refractivity contribution in [3.05, 3.63) is 158 Å². The summed E-state index contributed by atoms with van der Waals surface area (Å²) in [7, 11) is -1.73. The van der Waals surface area contributed by atoms with Crippen LogP contribution in [0.25, 0.3) is 100 Å². The Hall–Kier alpha value is -6.87. The van der Waals surface area contributed by atoms with Crippen LogP contribution in [0.15, 0.2) is 167 Å². The smallest absolute Gasteiger partial charge is 0.455 e. The molecule has 0 unspecified atom stereocenters. The van der Waals surface area contributed by atoms with Crippen molar-refractivity contribution in [3.63, 3.8) is 0 Å². The highest BCUT2D eigenvalue weighted by Gasteiger charge is 2.22. The molecule has 0 spiro atoms. The maximum absolute atomic E-state index is 10.6. The number of nitrogens with zero attached hydrogens (tertiary/aromatic N) is 3. The van der Waals surface area contributed by atoms with Gasteiger partial charge in [0.1, 0.15) is 22.3 Å². The number of hydrogen-bond acceptors (Lipinski definition) is 7. The van der Waals surface area contributed by atoms with Crippen LogP contribution in [0.2, 0.25) is 0 Å². The third-order valence-corrected chi connectivity index (χ3v) is 9.76. The Morgan fingerprint density at radius 1 is 0.377 bits per heavy atom. The minimum Gasteiger partial charge on any atom is -0.455 e. The Kier molecular flexibility index (Phi) is 7.25. The average molecular weight is 686 g/mol. The standard InChI is InChI=1S/C45H28BN3O4/c50-46(51)30-25-28(32-15-5-4-14-31(32)27-12-2-1-3-13-27)24-29(26-30)43-47-44(37-20-10-18-35-33-16-6-8-22-39(33)52-41(35)37)49-45(48-43)38-21-11-19-36-34-17-7-9-23-40(34)53-42(36)38/h1-26,50-51H. The lowest BCUT2D eigenvalue weighted by molar-refractivity contribution is 0.426. The molecule has 0 atom stereocenters. The molecular weight excluding hydrogens is 657 g/mol. The normalized spacial score (nSPS) is 11.6. The highest BCUT2D eigenvalue weighted by molar-refractivity contribution is 6.58. The van der Waals surface area contributed by atoms with Crippen LogP contribution in [0.4, 0.5) is 0 Å². The molecule has 0 amide bonds. The van der Waals surface area contributed by atoms with Crippen molar-refractivity contribution < 1.29 is 18.9 Å². The van der Waals surface area contributed by atoms with E-state index in [-0.39, 0.29) is 0 Å². The van der Waals surface area contributed by atoms with E-state index in [2.05, 4.69) is 18.2 Å². The van der Waals surface area contributed by atoms with Gasteiger partial charge in [-0.25, -0.2) is 15.0 Å². The van der Waals surface area contributed by atoms with E-state index in [1.165, 1.54) is 0 Å². The molecule has 53 heavy (non-hydrogen) atoms. The minimum absolute atomic E-state index is 0.308. The molecule has 10 aromatic rings. The second-order valence-corrected chi connectivity index (χ2v) is 13.0. The first kappa shape index (κ1) is 30.9. The number of para-hydroxylation sites is 4. The largest absolute Gasteiger partial charge is 0.488 e. The molecular formula is C45H28BN3O4. The first-order valence-corrected chi connectivity index (χ1v) is 17.3. The van der Waals surface area contributed by atoms with Crippen molar-refractivity contribution in [1.82, 2.24) is 15.0 Å². The average Bonchev–Trinajstić information content (AvgIpc) is 3.79. The zero-order chi connectivity index (χ0) is 35.5. The molecule has 0 aliphatic heterocycles. The molecule has 10 rings (SSSR count). The molecule has 0 aliphatic rings. The van der Waals surface area contributed by atoms with Gasteiger partial charge < -0.3 is 18.9 Å². The van der Waals surface area contributed by atoms with Gasteiger partial charge in [0.15, 0.2) is 17.5 Å². The predicted octanol–water partition coefficient (Wildman–Crippen LogP) is 9.69. The molecule has 7 aromatic carbocycles. The molecule has 7 nitrogen and oxygen atoms in total. The van der Waals surface area contributed by atoms with Gasteiger partial charge in [0.2, 0.25) is 0 Å². The second kappa shape index (κ2) is 12.4. The third kappa shape index (κ3) is 5.28. The topological polar surface area (TPSA) is 105 Å². The van der Waals surface area contributed by atoms with Gasteiger partial charge in [0.25, 0.3) is 0 Å². The van der Waals surface area contributed by atoms with Gasteiger partial charge in [-0.1, -0.05) is 127 Å². The monoisotopic (exact) mass is 685 g/mol. The van der Waals surface area contributed by atoms with Crippen LogP contribution >= 0.6 is 0 Å². The maximum atomic E-state index is 10.6. The van der Waals surface area contributed by atoms with Crippen molar-refractivity contribution in [2.24, 2.45) is 0 Å². The second-order valence-electron chi connectivity index (χ2n) is 13.0. The molecule has 0 radical (unpaired) electrons. The van der Waals surface area contributed by atoms with Crippen LogP contribution < -0.4 is 5.46 Å². The van der Waals surface area contributed by atoms with Gasteiger partial charge in [-0.3, -0.25) is 0 Å². The van der Waals surface area contributed by atoms with E-state index in [0.717, 1.165) is 55.0 Å². The highest BCUT2D eigenvalue weighted by Crippen LogP contribution is 2.39. The van der Waals surface area contributed by atoms with Crippen molar-refractivity contribution in [2.45, 2.75) is 0 Å². The fraction of sp³-hybridized carbons (Fsp3) is 0. The molecule has 0 saturated heterocycles. The number of rotatable bonds is 6. The first-order chi connectivity index (χ1) is 26.1. The van der Waals surface area contributed by atoms with Crippen molar-refractivity contribution >= 4 is 56.5 Å². The summed E-state index contributed by atoms with van der Waals surface area (Å²) in [4.78, 5) is 15.3. The van der Waals surface area contributed by atoms with Crippen LogP contribution in [0, 0.1) is 0 Å². The minimum atomic E-state index is -1.73. The van der Waals surface area contributed by atoms with Crippen molar-refractivity contribution in [1.29, 1.82) is 0 Å². The van der Waals surface area contributed by atoms with Crippen LogP contribution in [0.5, 0.6) is 0 Å². The molecule has 250 valence electrons. The summed E-state index contributed by atoms with van der Waals surface area (Å²) in [5.74, 6) is 1.17. The van der Waals surface area contributed by atoms with Crippen LogP contribution in [-0.4, -0.2) is 32.1 Å². The maximum Gasteiger partial charge on any atom is 0.488 e. The molecule has 3 heterocycles. The Morgan fingerprint density at radius 3 is 1.42 bits per heavy atom. The third-order valence-electron chi connectivity index (χ3n) is 9.76. The van der Waals surface area contributed by atoms with Gasteiger partial charge in [-0.05, 0) is 58.0 Å². The van der Waals surface area contributed by atoms with Crippen LogP contribution in [-0.2, 0) is 0 Å². The molecule has 3 aromatic heterocycles. The molecule has 0 saturated carbocycles. The van der Waals surface area contributed by atoms with E-state index in [4.69, 9.17) is 23.8 Å². The van der Waals surface area contributed by atoms with E-state index >= 15 is 0 Å².